The van der Waals surface area contributed by atoms with Crippen LogP contribution in [-0.4, -0.2) is 32.2 Å². The third-order valence-corrected chi connectivity index (χ3v) is 3.99. The second-order valence-electron chi connectivity index (χ2n) is 6.02. The van der Waals surface area contributed by atoms with Crippen molar-refractivity contribution < 1.29 is 23.7 Å². The molecule has 28 heavy (non-hydrogen) atoms. The van der Waals surface area contributed by atoms with Gasteiger partial charge in [-0.15, -0.1) is 0 Å². The first-order valence-corrected chi connectivity index (χ1v) is 9.21. The third-order valence-electron chi connectivity index (χ3n) is 3.99. The molecule has 1 aliphatic heterocycles. The SMILES string of the molecule is CCCOc1ccc(/C=C2\N=C(c3ccccc3OCC)OC2=O)cc1OC. The van der Waals surface area contributed by atoms with E-state index in [1.165, 1.54) is 0 Å². The molecule has 0 fully saturated rings. The molecule has 2 aromatic rings. The van der Waals surface area contributed by atoms with Crippen molar-refractivity contribution in [2.75, 3.05) is 20.3 Å². The second-order valence-corrected chi connectivity index (χ2v) is 6.02. The maximum atomic E-state index is 12.3. The van der Waals surface area contributed by atoms with Gasteiger partial charge in [0.15, 0.2) is 17.2 Å². The summed E-state index contributed by atoms with van der Waals surface area (Å²) in [5.41, 5.74) is 1.61. The van der Waals surface area contributed by atoms with E-state index >= 15 is 0 Å². The lowest BCUT2D eigenvalue weighted by Gasteiger charge is -2.10. The molecule has 0 saturated heterocycles. The number of benzene rings is 2. The number of para-hydroxylation sites is 1. The normalized spacial score (nSPS) is 14.6. The molecular weight excluding hydrogens is 358 g/mol. The summed E-state index contributed by atoms with van der Waals surface area (Å²) >= 11 is 0. The topological polar surface area (TPSA) is 66.3 Å². The predicted octanol–water partition coefficient (Wildman–Crippen LogP) is 4.23. The van der Waals surface area contributed by atoms with Crippen LogP contribution in [0.1, 0.15) is 31.4 Å². The summed E-state index contributed by atoms with van der Waals surface area (Å²) < 4.78 is 22.0. The van der Waals surface area contributed by atoms with Crippen molar-refractivity contribution in [3.05, 3.63) is 59.3 Å². The molecule has 0 spiro atoms. The molecule has 0 atom stereocenters. The molecule has 1 aliphatic rings. The molecule has 0 radical (unpaired) electrons. The zero-order valence-electron chi connectivity index (χ0n) is 16.2. The summed E-state index contributed by atoms with van der Waals surface area (Å²) in [6.45, 7) is 5.05. The molecular formula is C22H23NO5. The van der Waals surface area contributed by atoms with Crippen LogP contribution >= 0.6 is 0 Å². The van der Waals surface area contributed by atoms with E-state index in [-0.39, 0.29) is 11.6 Å². The molecule has 0 saturated carbocycles. The number of carbonyl (C=O) groups excluding carboxylic acids is 1. The molecule has 3 rings (SSSR count). The van der Waals surface area contributed by atoms with E-state index in [1.807, 2.05) is 50.2 Å². The van der Waals surface area contributed by atoms with E-state index in [2.05, 4.69) is 4.99 Å². The number of hydrogen-bond acceptors (Lipinski definition) is 6. The molecule has 146 valence electrons. The summed E-state index contributed by atoms with van der Waals surface area (Å²) in [4.78, 5) is 16.7. The lowest BCUT2D eigenvalue weighted by Crippen LogP contribution is -2.07. The number of cyclic esters (lactones) is 1. The summed E-state index contributed by atoms with van der Waals surface area (Å²) in [6.07, 6.45) is 2.56. The zero-order chi connectivity index (χ0) is 19.9. The van der Waals surface area contributed by atoms with E-state index in [1.54, 1.807) is 19.3 Å². The van der Waals surface area contributed by atoms with Gasteiger partial charge in [-0.05, 0) is 49.2 Å². The van der Waals surface area contributed by atoms with Crippen LogP contribution in [0, 0.1) is 0 Å². The smallest absolute Gasteiger partial charge is 0.363 e. The highest BCUT2D eigenvalue weighted by molar-refractivity contribution is 6.13. The van der Waals surface area contributed by atoms with Gasteiger partial charge in [-0.25, -0.2) is 9.79 Å². The number of hydrogen-bond donors (Lipinski definition) is 0. The number of esters is 1. The second kappa shape index (κ2) is 9.08. The predicted molar refractivity (Wildman–Crippen MR) is 107 cm³/mol. The van der Waals surface area contributed by atoms with Gasteiger partial charge in [0, 0.05) is 0 Å². The van der Waals surface area contributed by atoms with Gasteiger partial charge in [-0.3, -0.25) is 0 Å². The van der Waals surface area contributed by atoms with Crippen molar-refractivity contribution in [1.82, 2.24) is 0 Å². The lowest BCUT2D eigenvalue weighted by molar-refractivity contribution is -0.129. The summed E-state index contributed by atoms with van der Waals surface area (Å²) in [5, 5.41) is 0. The summed E-state index contributed by atoms with van der Waals surface area (Å²) in [6, 6.07) is 12.8. The minimum atomic E-state index is -0.508. The molecule has 0 N–H and O–H groups in total. The molecule has 0 unspecified atom stereocenters. The molecule has 0 bridgehead atoms. The first-order chi connectivity index (χ1) is 13.7. The molecule has 6 nitrogen and oxygen atoms in total. The van der Waals surface area contributed by atoms with Crippen molar-refractivity contribution >= 4 is 17.9 Å². The van der Waals surface area contributed by atoms with Gasteiger partial charge in [0.2, 0.25) is 5.90 Å². The number of rotatable bonds is 8. The average molecular weight is 381 g/mol. The van der Waals surface area contributed by atoms with Crippen LogP contribution in [0.2, 0.25) is 0 Å². The Morgan fingerprint density at radius 3 is 2.61 bits per heavy atom. The molecule has 0 aliphatic carbocycles. The zero-order valence-corrected chi connectivity index (χ0v) is 16.2. The van der Waals surface area contributed by atoms with Gasteiger partial charge >= 0.3 is 5.97 Å². The Bertz CT molecular complexity index is 917. The maximum absolute atomic E-state index is 12.3. The first-order valence-electron chi connectivity index (χ1n) is 9.21. The Kier molecular flexibility index (Phi) is 6.32. The quantitative estimate of drug-likeness (QED) is 0.506. The van der Waals surface area contributed by atoms with Crippen molar-refractivity contribution in [3.8, 4) is 17.2 Å². The first kappa shape index (κ1) is 19.5. The highest BCUT2D eigenvalue weighted by Gasteiger charge is 2.26. The van der Waals surface area contributed by atoms with Crippen molar-refractivity contribution in [1.29, 1.82) is 0 Å². The molecule has 0 amide bonds. The molecule has 1 heterocycles. The Labute approximate surface area is 164 Å². The van der Waals surface area contributed by atoms with Crippen molar-refractivity contribution in [2.24, 2.45) is 4.99 Å². The Balaban J connectivity index is 1.89. The van der Waals surface area contributed by atoms with Gasteiger partial charge in [0.25, 0.3) is 0 Å². The third kappa shape index (κ3) is 4.34. The molecule has 0 aromatic heterocycles. The summed E-state index contributed by atoms with van der Waals surface area (Å²) in [5.74, 6) is 1.61. The highest BCUT2D eigenvalue weighted by Crippen LogP contribution is 2.30. The van der Waals surface area contributed by atoms with E-state index in [9.17, 15) is 4.79 Å². The standard InChI is InChI=1S/C22H23NO5/c1-4-12-27-19-11-10-15(14-20(19)25-3)13-17-22(24)28-21(23-17)16-8-6-7-9-18(16)26-5-2/h6-11,13-14H,4-5,12H2,1-3H3/b17-13-. The van der Waals surface area contributed by atoms with Crippen molar-refractivity contribution in [3.63, 3.8) is 0 Å². The largest absolute Gasteiger partial charge is 0.493 e. The van der Waals surface area contributed by atoms with E-state index < -0.39 is 5.97 Å². The van der Waals surface area contributed by atoms with Crippen molar-refractivity contribution in [2.45, 2.75) is 20.3 Å². The summed E-state index contributed by atoms with van der Waals surface area (Å²) in [7, 11) is 1.58. The maximum Gasteiger partial charge on any atom is 0.363 e. The highest BCUT2D eigenvalue weighted by atomic mass is 16.6. The van der Waals surface area contributed by atoms with Gasteiger partial charge in [-0.2, -0.15) is 0 Å². The number of ether oxygens (including phenoxy) is 4. The molecule has 2 aromatic carbocycles. The van der Waals surface area contributed by atoms with E-state index in [0.29, 0.717) is 36.0 Å². The number of nitrogens with zero attached hydrogens (tertiary/aromatic N) is 1. The average Bonchev–Trinajstić information content (AvgIpc) is 3.07. The van der Waals surface area contributed by atoms with Crippen LogP contribution < -0.4 is 14.2 Å². The fraction of sp³-hybridized carbons (Fsp3) is 0.273. The molecule has 6 heteroatoms. The van der Waals surface area contributed by atoms with Crippen LogP contribution in [0.15, 0.2) is 53.2 Å². The van der Waals surface area contributed by atoms with E-state index in [4.69, 9.17) is 18.9 Å². The van der Waals surface area contributed by atoms with Crippen LogP contribution in [0.5, 0.6) is 17.2 Å². The van der Waals surface area contributed by atoms with Crippen LogP contribution in [0.3, 0.4) is 0 Å². The Morgan fingerprint density at radius 1 is 1.04 bits per heavy atom. The fourth-order valence-electron chi connectivity index (χ4n) is 2.71. The number of methoxy groups -OCH3 is 1. The van der Waals surface area contributed by atoms with Crippen LogP contribution in [-0.2, 0) is 9.53 Å². The van der Waals surface area contributed by atoms with E-state index in [0.717, 1.165) is 12.0 Å². The monoisotopic (exact) mass is 381 g/mol. The number of aliphatic imine (C=N–C) groups is 1. The van der Waals surface area contributed by atoms with Gasteiger partial charge < -0.3 is 18.9 Å². The van der Waals surface area contributed by atoms with Gasteiger partial charge in [0.1, 0.15) is 5.75 Å². The number of carbonyl (C=O) groups is 1. The Morgan fingerprint density at radius 2 is 1.86 bits per heavy atom. The minimum absolute atomic E-state index is 0.214. The fourth-order valence-corrected chi connectivity index (χ4v) is 2.71. The van der Waals surface area contributed by atoms with Crippen LogP contribution in [0.4, 0.5) is 0 Å². The van der Waals surface area contributed by atoms with Crippen LogP contribution in [0.25, 0.3) is 6.08 Å². The Hall–Kier alpha value is -3.28. The van der Waals surface area contributed by atoms with Gasteiger partial charge in [0.05, 0.1) is 25.9 Å². The minimum Gasteiger partial charge on any atom is -0.493 e. The lowest BCUT2D eigenvalue weighted by atomic mass is 10.1. The van der Waals surface area contributed by atoms with Gasteiger partial charge in [-0.1, -0.05) is 25.1 Å².